The van der Waals surface area contributed by atoms with E-state index in [0.29, 0.717) is 26.3 Å². The highest BCUT2D eigenvalue weighted by Gasteiger charge is 2.24. The van der Waals surface area contributed by atoms with Gasteiger partial charge in [-0.3, -0.25) is 4.79 Å². The summed E-state index contributed by atoms with van der Waals surface area (Å²) in [6.45, 7) is 6.19. The van der Waals surface area contributed by atoms with Gasteiger partial charge in [0.1, 0.15) is 0 Å². The van der Waals surface area contributed by atoms with Gasteiger partial charge in [0.05, 0.1) is 18.5 Å². The molecule has 8 heteroatoms. The number of aromatic nitrogens is 2. The van der Waals surface area contributed by atoms with Crippen molar-refractivity contribution in [2.24, 2.45) is 0 Å². The van der Waals surface area contributed by atoms with E-state index < -0.39 is 0 Å². The summed E-state index contributed by atoms with van der Waals surface area (Å²) in [5.41, 5.74) is 2.24. The highest BCUT2D eigenvalue weighted by atomic mass is 32.2. The van der Waals surface area contributed by atoms with Crippen molar-refractivity contribution in [3.8, 4) is 0 Å². The molecule has 2 heterocycles. The van der Waals surface area contributed by atoms with Crippen molar-refractivity contribution in [1.29, 1.82) is 0 Å². The molecule has 0 aliphatic carbocycles. The van der Waals surface area contributed by atoms with Gasteiger partial charge in [-0.15, -0.1) is 10.2 Å². The smallest absolute Gasteiger partial charge is 0.236 e. The predicted octanol–water partition coefficient (Wildman–Crippen LogP) is 4.08. The molecule has 31 heavy (non-hydrogen) atoms. The third-order valence-electron chi connectivity index (χ3n) is 5.05. The normalized spacial score (nSPS) is 14.9. The molecule has 1 aliphatic rings. The summed E-state index contributed by atoms with van der Waals surface area (Å²) >= 11 is 3.03. The maximum Gasteiger partial charge on any atom is 0.236 e. The lowest BCUT2D eigenvalue weighted by molar-refractivity contribution is -0.131. The first-order chi connectivity index (χ1) is 15.2. The van der Waals surface area contributed by atoms with Crippen molar-refractivity contribution in [3.05, 3.63) is 71.8 Å². The lowest BCUT2D eigenvalue weighted by atomic mass is 10.1. The van der Waals surface area contributed by atoms with Crippen molar-refractivity contribution < 1.29 is 9.53 Å². The van der Waals surface area contributed by atoms with Gasteiger partial charge in [-0.05, 0) is 18.1 Å². The van der Waals surface area contributed by atoms with Crippen LogP contribution in [0.1, 0.15) is 18.1 Å². The van der Waals surface area contributed by atoms with Crippen LogP contribution in [-0.4, -0.2) is 52.6 Å². The summed E-state index contributed by atoms with van der Waals surface area (Å²) in [6.07, 6.45) is 0. The van der Waals surface area contributed by atoms with Crippen molar-refractivity contribution in [3.63, 3.8) is 0 Å². The van der Waals surface area contributed by atoms with Gasteiger partial charge in [0.15, 0.2) is 4.34 Å². The van der Waals surface area contributed by atoms with E-state index in [4.69, 9.17) is 4.74 Å². The first-order valence-electron chi connectivity index (χ1n) is 10.4. The zero-order chi connectivity index (χ0) is 21.5. The molecule has 1 saturated heterocycles. The maximum atomic E-state index is 13.4. The molecule has 1 amide bonds. The number of benzene rings is 2. The Morgan fingerprint density at radius 3 is 2.19 bits per heavy atom. The standard InChI is InChI=1S/C23H26N4O2S2/c1-18(30-23-25-24-22(31-23)26-12-14-29-15-13-26)21(28)27(16-19-8-4-2-5-9-19)17-20-10-6-3-7-11-20/h2-11,18H,12-17H2,1H3. The van der Waals surface area contributed by atoms with Gasteiger partial charge < -0.3 is 14.5 Å². The highest BCUT2D eigenvalue weighted by Crippen LogP contribution is 2.32. The first kappa shape index (κ1) is 21.8. The molecule has 0 spiro atoms. The number of rotatable bonds is 8. The second-order valence-corrected chi connectivity index (χ2v) is 9.92. The van der Waals surface area contributed by atoms with Crippen LogP contribution in [0.25, 0.3) is 0 Å². The van der Waals surface area contributed by atoms with Crippen LogP contribution in [-0.2, 0) is 22.6 Å². The molecule has 0 saturated carbocycles. The number of morpholine rings is 1. The van der Waals surface area contributed by atoms with Crippen LogP contribution in [0.3, 0.4) is 0 Å². The Morgan fingerprint density at radius 1 is 1.03 bits per heavy atom. The maximum absolute atomic E-state index is 13.4. The molecule has 3 aromatic rings. The van der Waals surface area contributed by atoms with Gasteiger partial charge in [-0.2, -0.15) is 0 Å². The van der Waals surface area contributed by atoms with Gasteiger partial charge in [-0.1, -0.05) is 83.8 Å². The summed E-state index contributed by atoms with van der Waals surface area (Å²) in [6, 6.07) is 20.2. The lowest BCUT2D eigenvalue weighted by Gasteiger charge is -2.26. The zero-order valence-electron chi connectivity index (χ0n) is 17.5. The van der Waals surface area contributed by atoms with Gasteiger partial charge in [-0.25, -0.2) is 0 Å². The molecule has 162 valence electrons. The average Bonchev–Trinajstić information content (AvgIpc) is 3.28. The number of carbonyl (C=O) groups is 1. The highest BCUT2D eigenvalue weighted by molar-refractivity contribution is 8.02. The summed E-state index contributed by atoms with van der Waals surface area (Å²) < 4.78 is 6.23. The lowest BCUT2D eigenvalue weighted by Crippen LogP contribution is -2.36. The zero-order valence-corrected chi connectivity index (χ0v) is 19.1. The fourth-order valence-corrected chi connectivity index (χ4v) is 5.53. The molecule has 1 atom stereocenters. The van der Waals surface area contributed by atoms with Crippen molar-refractivity contribution >= 4 is 34.1 Å². The molecular weight excluding hydrogens is 428 g/mol. The van der Waals surface area contributed by atoms with Crippen LogP contribution in [0, 0.1) is 0 Å². The van der Waals surface area contributed by atoms with E-state index in [1.807, 2.05) is 48.2 Å². The molecular formula is C23H26N4O2S2. The molecule has 0 radical (unpaired) electrons. The van der Waals surface area contributed by atoms with Crippen LogP contribution < -0.4 is 4.90 Å². The van der Waals surface area contributed by atoms with Crippen LogP contribution in [0.15, 0.2) is 65.0 Å². The van der Waals surface area contributed by atoms with Crippen LogP contribution >= 0.6 is 23.1 Å². The van der Waals surface area contributed by atoms with E-state index in [1.54, 1.807) is 11.3 Å². The third kappa shape index (κ3) is 6.06. The predicted molar refractivity (Wildman–Crippen MR) is 125 cm³/mol. The summed E-state index contributed by atoms with van der Waals surface area (Å²) in [5.74, 6) is 0.0980. The van der Waals surface area contributed by atoms with Crippen LogP contribution in [0.2, 0.25) is 0 Å². The number of ether oxygens (including phenoxy) is 1. The minimum atomic E-state index is -0.252. The van der Waals surface area contributed by atoms with E-state index in [-0.39, 0.29) is 11.2 Å². The summed E-state index contributed by atoms with van der Waals surface area (Å²) in [7, 11) is 0. The van der Waals surface area contributed by atoms with E-state index in [9.17, 15) is 4.79 Å². The number of carbonyl (C=O) groups excluding carboxylic acids is 1. The Hall–Kier alpha value is -2.42. The van der Waals surface area contributed by atoms with Crippen LogP contribution in [0.5, 0.6) is 0 Å². The summed E-state index contributed by atoms with van der Waals surface area (Å²) in [5, 5.41) is 9.29. The number of thioether (sulfide) groups is 1. The molecule has 1 fully saturated rings. The van der Waals surface area contributed by atoms with E-state index in [0.717, 1.165) is 33.7 Å². The monoisotopic (exact) mass is 454 g/mol. The largest absolute Gasteiger partial charge is 0.378 e. The number of nitrogens with zero attached hydrogens (tertiary/aromatic N) is 4. The molecule has 4 rings (SSSR count). The molecule has 6 nitrogen and oxygen atoms in total. The molecule has 1 unspecified atom stereocenters. The van der Waals surface area contributed by atoms with Crippen LogP contribution in [0.4, 0.5) is 5.13 Å². The van der Waals surface area contributed by atoms with Gasteiger partial charge in [0, 0.05) is 26.2 Å². The second kappa shape index (κ2) is 10.7. The Morgan fingerprint density at radius 2 is 1.61 bits per heavy atom. The minimum Gasteiger partial charge on any atom is -0.378 e. The van der Waals surface area contributed by atoms with Gasteiger partial charge in [0.25, 0.3) is 0 Å². The van der Waals surface area contributed by atoms with E-state index in [2.05, 4.69) is 39.4 Å². The third-order valence-corrected chi connectivity index (χ3v) is 7.20. The molecule has 1 aromatic heterocycles. The molecule has 0 bridgehead atoms. The molecule has 2 aromatic carbocycles. The van der Waals surface area contributed by atoms with E-state index >= 15 is 0 Å². The molecule has 0 N–H and O–H groups in total. The topological polar surface area (TPSA) is 58.6 Å². The minimum absolute atomic E-state index is 0.0980. The summed E-state index contributed by atoms with van der Waals surface area (Å²) in [4.78, 5) is 17.5. The SMILES string of the molecule is CC(Sc1nnc(N2CCOCC2)s1)C(=O)N(Cc1ccccc1)Cc1ccccc1. The second-order valence-electron chi connectivity index (χ2n) is 7.38. The Labute approximate surface area is 191 Å². The van der Waals surface area contributed by atoms with Gasteiger partial charge in [0.2, 0.25) is 11.0 Å². The first-order valence-corrected chi connectivity index (χ1v) is 12.1. The number of hydrogen-bond donors (Lipinski definition) is 0. The number of amides is 1. The number of anilines is 1. The van der Waals surface area contributed by atoms with Crippen molar-refractivity contribution in [2.45, 2.75) is 29.6 Å². The Kier molecular flexibility index (Phi) is 7.56. The van der Waals surface area contributed by atoms with E-state index in [1.165, 1.54) is 11.8 Å². The van der Waals surface area contributed by atoms with Gasteiger partial charge >= 0.3 is 0 Å². The fourth-order valence-electron chi connectivity index (χ4n) is 3.41. The number of hydrogen-bond acceptors (Lipinski definition) is 7. The quantitative estimate of drug-likeness (QED) is 0.478. The Balaban J connectivity index is 1.44. The average molecular weight is 455 g/mol. The fraction of sp³-hybridized carbons (Fsp3) is 0.348. The molecule has 1 aliphatic heterocycles. The van der Waals surface area contributed by atoms with Crippen molar-refractivity contribution in [2.75, 3.05) is 31.2 Å². The van der Waals surface area contributed by atoms with Crippen molar-refractivity contribution in [1.82, 2.24) is 15.1 Å². The Bertz CT molecular complexity index is 920.